The maximum atomic E-state index is 13.7. The number of nitrogens with one attached hydrogen (secondary N) is 1. The Morgan fingerprint density at radius 2 is 1.59 bits per heavy atom. The maximum absolute atomic E-state index is 13.7. The van der Waals surface area contributed by atoms with Gasteiger partial charge in [0, 0.05) is 31.5 Å². The lowest BCUT2D eigenvalue weighted by atomic mass is 9.91. The van der Waals surface area contributed by atoms with Gasteiger partial charge in [0.2, 0.25) is 0 Å². The lowest BCUT2D eigenvalue weighted by Gasteiger charge is -2.22. The van der Waals surface area contributed by atoms with E-state index in [2.05, 4.69) is 20.9 Å². The predicted molar refractivity (Wildman–Crippen MR) is 135 cm³/mol. The van der Waals surface area contributed by atoms with Crippen LogP contribution < -0.4 is 0 Å². The molecule has 0 unspecified atom stereocenters. The van der Waals surface area contributed by atoms with Crippen LogP contribution in [0.5, 0.6) is 0 Å². The first-order chi connectivity index (χ1) is 16.2. The van der Waals surface area contributed by atoms with Gasteiger partial charge in [0.25, 0.3) is 11.8 Å². The van der Waals surface area contributed by atoms with E-state index in [1.807, 2.05) is 54.6 Å². The summed E-state index contributed by atoms with van der Waals surface area (Å²) < 4.78 is 6.27. The molecule has 1 aliphatic heterocycles. The number of carbonyl (C=O) groups is 3. The normalized spacial score (nSPS) is 14.1. The number of hydrogen-bond acceptors (Lipinski definition) is 4. The zero-order chi connectivity index (χ0) is 23.9. The van der Waals surface area contributed by atoms with Gasteiger partial charge in [-0.05, 0) is 49.7 Å². The molecule has 1 aromatic heterocycles. The van der Waals surface area contributed by atoms with Crippen molar-refractivity contribution >= 4 is 77.2 Å². The van der Waals surface area contributed by atoms with Gasteiger partial charge in [-0.3, -0.25) is 9.59 Å². The zero-order valence-corrected chi connectivity index (χ0v) is 20.2. The number of nitrogens with zero attached hydrogens (tertiary/aromatic N) is 1. The van der Waals surface area contributed by atoms with E-state index in [4.69, 9.17) is 4.74 Å². The molecule has 2 heterocycles. The SMILES string of the molecule is CC(C)(C)OC(=O)N1C(=O)c2c(c3c4cc(Br)ccc4[nH]c3c3ccc4ccccc4c23)C1=O. The molecule has 34 heavy (non-hydrogen) atoms. The molecule has 0 fully saturated rings. The highest BCUT2D eigenvalue weighted by Crippen LogP contribution is 2.44. The summed E-state index contributed by atoms with van der Waals surface area (Å²) in [4.78, 5) is 44.5. The second kappa shape index (κ2) is 6.90. The molecule has 0 radical (unpaired) electrons. The fraction of sp³-hybridized carbons (Fsp3) is 0.148. The third kappa shape index (κ3) is 2.83. The molecule has 0 saturated carbocycles. The van der Waals surface area contributed by atoms with Gasteiger partial charge >= 0.3 is 6.09 Å². The molecule has 6 nitrogen and oxygen atoms in total. The molecule has 4 aromatic carbocycles. The van der Waals surface area contributed by atoms with Crippen molar-refractivity contribution in [1.29, 1.82) is 0 Å². The van der Waals surface area contributed by atoms with Gasteiger partial charge in [-0.15, -0.1) is 0 Å². The van der Waals surface area contributed by atoms with E-state index >= 15 is 0 Å². The Bertz CT molecular complexity index is 1740. The van der Waals surface area contributed by atoms with Gasteiger partial charge < -0.3 is 9.72 Å². The van der Waals surface area contributed by atoms with Gasteiger partial charge in [0.05, 0.1) is 16.6 Å². The van der Waals surface area contributed by atoms with Crippen LogP contribution in [0.4, 0.5) is 4.79 Å². The highest BCUT2D eigenvalue weighted by Gasteiger charge is 2.45. The average molecular weight is 515 g/mol. The van der Waals surface area contributed by atoms with Crippen LogP contribution in [0.15, 0.2) is 59.1 Å². The predicted octanol–water partition coefficient (Wildman–Crippen LogP) is 6.92. The number of halogens is 1. The van der Waals surface area contributed by atoms with E-state index in [0.29, 0.717) is 15.7 Å². The quantitative estimate of drug-likeness (QED) is 0.179. The molecular formula is C27H19BrN2O4. The molecule has 6 rings (SSSR count). The number of ether oxygens (including phenoxy) is 1. The fourth-order valence-corrected chi connectivity index (χ4v) is 5.20. The van der Waals surface area contributed by atoms with Crippen molar-refractivity contribution in [3.63, 3.8) is 0 Å². The number of imide groups is 3. The summed E-state index contributed by atoms with van der Waals surface area (Å²) in [7, 11) is 0. The van der Waals surface area contributed by atoms with E-state index in [1.54, 1.807) is 20.8 Å². The molecule has 3 amide bonds. The minimum Gasteiger partial charge on any atom is -0.443 e. The minimum atomic E-state index is -0.971. The molecule has 7 heteroatoms. The summed E-state index contributed by atoms with van der Waals surface area (Å²) in [6.45, 7) is 5.09. The smallest absolute Gasteiger partial charge is 0.424 e. The summed E-state index contributed by atoms with van der Waals surface area (Å²) in [5.41, 5.74) is 1.18. The van der Waals surface area contributed by atoms with Crippen molar-refractivity contribution in [2.24, 2.45) is 0 Å². The summed E-state index contributed by atoms with van der Waals surface area (Å²) >= 11 is 3.51. The topological polar surface area (TPSA) is 79.5 Å². The van der Waals surface area contributed by atoms with Crippen molar-refractivity contribution in [3.05, 3.63) is 70.2 Å². The molecular weight excluding hydrogens is 496 g/mol. The number of benzene rings is 4. The maximum Gasteiger partial charge on any atom is 0.424 e. The van der Waals surface area contributed by atoms with E-state index in [-0.39, 0.29) is 11.1 Å². The van der Waals surface area contributed by atoms with Crippen LogP contribution in [0, 0.1) is 0 Å². The van der Waals surface area contributed by atoms with Crippen molar-refractivity contribution < 1.29 is 19.1 Å². The number of amides is 3. The Hall–Kier alpha value is -3.71. The number of aromatic nitrogens is 1. The zero-order valence-electron chi connectivity index (χ0n) is 18.7. The lowest BCUT2D eigenvalue weighted by Crippen LogP contribution is -2.40. The van der Waals surface area contributed by atoms with Gasteiger partial charge in [-0.2, -0.15) is 4.90 Å². The monoisotopic (exact) mass is 514 g/mol. The van der Waals surface area contributed by atoms with Crippen LogP contribution in [-0.4, -0.2) is 33.4 Å². The lowest BCUT2D eigenvalue weighted by molar-refractivity contribution is 0.0256. The van der Waals surface area contributed by atoms with Gasteiger partial charge in [0.1, 0.15) is 5.60 Å². The first-order valence-electron chi connectivity index (χ1n) is 10.9. The minimum absolute atomic E-state index is 0.221. The van der Waals surface area contributed by atoms with Gasteiger partial charge in [-0.25, -0.2) is 4.79 Å². The molecule has 1 N–H and O–H groups in total. The van der Waals surface area contributed by atoms with Crippen molar-refractivity contribution in [3.8, 4) is 0 Å². The van der Waals surface area contributed by atoms with Crippen LogP contribution >= 0.6 is 15.9 Å². The van der Waals surface area contributed by atoms with E-state index in [1.165, 1.54) is 0 Å². The Morgan fingerprint density at radius 3 is 2.32 bits per heavy atom. The second-order valence-electron chi connectivity index (χ2n) is 9.45. The number of H-pyrrole nitrogens is 1. The molecule has 168 valence electrons. The Labute approximate surface area is 202 Å². The van der Waals surface area contributed by atoms with Gasteiger partial charge in [-0.1, -0.05) is 52.3 Å². The Kier molecular flexibility index (Phi) is 4.23. The summed E-state index contributed by atoms with van der Waals surface area (Å²) in [5, 5.41) is 4.65. The highest BCUT2D eigenvalue weighted by molar-refractivity contribution is 9.10. The molecule has 0 atom stereocenters. The standard InChI is InChI=1S/C27H19BrN2O4/c1-27(2,3)34-26(33)30-24(31)21-19-15-7-5-4-6-13(15)8-10-16(19)23-20(22(21)25(30)32)17-12-14(28)9-11-18(17)29-23/h4-12,29H,1-3H3. The van der Waals surface area contributed by atoms with Crippen LogP contribution in [-0.2, 0) is 4.74 Å². The molecule has 0 spiro atoms. The van der Waals surface area contributed by atoms with Crippen LogP contribution in [0.3, 0.4) is 0 Å². The largest absolute Gasteiger partial charge is 0.443 e. The van der Waals surface area contributed by atoms with E-state index in [0.717, 1.165) is 37.1 Å². The molecule has 0 bridgehead atoms. The van der Waals surface area contributed by atoms with Crippen LogP contribution in [0.1, 0.15) is 41.5 Å². The number of rotatable bonds is 0. The number of hydrogen-bond donors (Lipinski definition) is 1. The third-order valence-corrected chi connectivity index (χ3v) is 6.61. The Balaban J connectivity index is 1.80. The number of fused-ring (bicyclic) bond motifs is 10. The molecule has 5 aromatic rings. The second-order valence-corrected chi connectivity index (χ2v) is 10.4. The Morgan fingerprint density at radius 1 is 0.882 bits per heavy atom. The van der Waals surface area contributed by atoms with Gasteiger partial charge in [0.15, 0.2) is 0 Å². The van der Waals surface area contributed by atoms with Crippen molar-refractivity contribution in [1.82, 2.24) is 9.88 Å². The van der Waals surface area contributed by atoms with Crippen molar-refractivity contribution in [2.75, 3.05) is 0 Å². The summed E-state index contributed by atoms with van der Waals surface area (Å²) in [6.07, 6.45) is -0.971. The number of carbonyl (C=O) groups excluding carboxylic acids is 3. The van der Waals surface area contributed by atoms with E-state index < -0.39 is 23.5 Å². The highest BCUT2D eigenvalue weighted by atomic mass is 79.9. The summed E-state index contributed by atoms with van der Waals surface area (Å²) in [6, 6.07) is 17.4. The number of aromatic amines is 1. The molecule has 0 aliphatic carbocycles. The average Bonchev–Trinajstić information content (AvgIpc) is 3.26. The molecule has 1 aliphatic rings. The van der Waals surface area contributed by atoms with E-state index in [9.17, 15) is 14.4 Å². The first kappa shape index (κ1) is 20.9. The first-order valence-corrected chi connectivity index (χ1v) is 11.6. The summed E-state index contributed by atoms with van der Waals surface area (Å²) in [5.74, 6) is -1.34. The van der Waals surface area contributed by atoms with Crippen LogP contribution in [0.2, 0.25) is 0 Å². The fourth-order valence-electron chi connectivity index (χ4n) is 4.84. The van der Waals surface area contributed by atoms with Crippen molar-refractivity contribution in [2.45, 2.75) is 26.4 Å². The third-order valence-electron chi connectivity index (χ3n) is 6.12. The van der Waals surface area contributed by atoms with Crippen LogP contribution in [0.25, 0.3) is 43.4 Å². The molecule has 0 saturated heterocycles.